The first kappa shape index (κ1) is 15.4. The van der Waals surface area contributed by atoms with E-state index in [4.69, 9.17) is 9.47 Å². The molecule has 0 saturated carbocycles. The Kier molecular flexibility index (Phi) is 9.24. The highest BCUT2D eigenvalue weighted by atomic mass is 16.5. The van der Waals surface area contributed by atoms with Crippen molar-refractivity contribution in [2.45, 2.75) is 40.2 Å². The van der Waals surface area contributed by atoms with Gasteiger partial charge in [-0.2, -0.15) is 0 Å². The van der Waals surface area contributed by atoms with Gasteiger partial charge >= 0.3 is 5.97 Å². The van der Waals surface area contributed by atoms with Crippen LogP contribution in [-0.2, 0) is 14.3 Å². The van der Waals surface area contributed by atoms with Crippen LogP contribution in [0.15, 0.2) is 0 Å². The van der Waals surface area contributed by atoms with Gasteiger partial charge in [0.05, 0.1) is 6.61 Å². The van der Waals surface area contributed by atoms with Crippen molar-refractivity contribution in [1.29, 1.82) is 0 Å². The van der Waals surface area contributed by atoms with Crippen LogP contribution in [0.1, 0.15) is 34.1 Å². The minimum atomic E-state index is -0.231. The molecule has 0 rings (SSSR count). The molecule has 0 radical (unpaired) electrons. The van der Waals surface area contributed by atoms with Crippen molar-refractivity contribution in [2.75, 3.05) is 26.4 Å². The lowest BCUT2D eigenvalue weighted by Crippen LogP contribution is -2.36. The first-order valence-electron chi connectivity index (χ1n) is 6.05. The Bertz CT molecular complexity index is 183. The molecule has 0 aromatic carbocycles. The van der Waals surface area contributed by atoms with Gasteiger partial charge < -0.3 is 14.8 Å². The number of esters is 1. The van der Waals surface area contributed by atoms with Crippen molar-refractivity contribution in [2.24, 2.45) is 5.92 Å². The molecule has 0 saturated heterocycles. The van der Waals surface area contributed by atoms with E-state index in [0.717, 1.165) is 26.2 Å². The number of hydrogen-bond donors (Lipinski definition) is 1. The van der Waals surface area contributed by atoms with Crippen molar-refractivity contribution in [3.63, 3.8) is 0 Å². The molecule has 1 unspecified atom stereocenters. The van der Waals surface area contributed by atoms with E-state index in [-0.39, 0.29) is 12.0 Å². The van der Waals surface area contributed by atoms with Crippen LogP contribution in [0.3, 0.4) is 0 Å². The van der Waals surface area contributed by atoms with Gasteiger partial charge in [0.2, 0.25) is 0 Å². The SMILES string of the molecule is CCOC(=O)C(C)NCCCOCC(C)C. The fourth-order valence-corrected chi connectivity index (χ4v) is 1.16. The van der Waals surface area contributed by atoms with E-state index in [1.807, 2.05) is 13.8 Å². The zero-order valence-electron chi connectivity index (χ0n) is 10.9. The minimum Gasteiger partial charge on any atom is -0.465 e. The number of rotatable bonds is 9. The quantitative estimate of drug-likeness (QED) is 0.483. The molecule has 0 aliphatic rings. The Morgan fingerprint density at radius 1 is 1.31 bits per heavy atom. The van der Waals surface area contributed by atoms with Crippen LogP contribution < -0.4 is 5.32 Å². The molecule has 0 aromatic heterocycles. The molecule has 0 amide bonds. The van der Waals surface area contributed by atoms with Crippen LogP contribution in [0.4, 0.5) is 0 Å². The minimum absolute atomic E-state index is 0.189. The monoisotopic (exact) mass is 231 g/mol. The number of carbonyl (C=O) groups excluding carboxylic acids is 1. The number of carbonyl (C=O) groups is 1. The average molecular weight is 231 g/mol. The first-order valence-corrected chi connectivity index (χ1v) is 6.05. The summed E-state index contributed by atoms with van der Waals surface area (Å²) in [6.45, 7) is 10.6. The Hall–Kier alpha value is -0.610. The topological polar surface area (TPSA) is 47.6 Å². The zero-order chi connectivity index (χ0) is 12.4. The Morgan fingerprint density at radius 2 is 2.00 bits per heavy atom. The van der Waals surface area contributed by atoms with Gasteiger partial charge in [-0.05, 0) is 32.7 Å². The van der Waals surface area contributed by atoms with Crippen LogP contribution in [-0.4, -0.2) is 38.4 Å². The maximum atomic E-state index is 11.2. The smallest absolute Gasteiger partial charge is 0.322 e. The third kappa shape index (κ3) is 8.68. The van der Waals surface area contributed by atoms with Gasteiger partial charge in [0, 0.05) is 13.2 Å². The molecule has 0 spiro atoms. The predicted molar refractivity (Wildman–Crippen MR) is 64.4 cm³/mol. The maximum absolute atomic E-state index is 11.2. The predicted octanol–water partition coefficient (Wildman–Crippen LogP) is 1.59. The summed E-state index contributed by atoms with van der Waals surface area (Å²) >= 11 is 0. The first-order chi connectivity index (χ1) is 7.57. The highest BCUT2D eigenvalue weighted by Crippen LogP contribution is 1.93. The van der Waals surface area contributed by atoms with Gasteiger partial charge in [0.15, 0.2) is 0 Å². The summed E-state index contributed by atoms with van der Waals surface area (Å²) in [5.41, 5.74) is 0. The number of hydrogen-bond acceptors (Lipinski definition) is 4. The summed E-state index contributed by atoms with van der Waals surface area (Å²) in [5, 5.41) is 3.10. The van der Waals surface area contributed by atoms with E-state index in [9.17, 15) is 4.79 Å². The molecule has 0 aliphatic carbocycles. The summed E-state index contributed by atoms with van der Waals surface area (Å²) in [6.07, 6.45) is 0.913. The molecule has 96 valence electrons. The normalized spacial score (nSPS) is 12.8. The second-order valence-corrected chi connectivity index (χ2v) is 4.25. The summed E-state index contributed by atoms with van der Waals surface area (Å²) in [5.74, 6) is 0.386. The van der Waals surface area contributed by atoms with Gasteiger partial charge in [-0.25, -0.2) is 0 Å². The van der Waals surface area contributed by atoms with Crippen molar-refractivity contribution < 1.29 is 14.3 Å². The van der Waals surface area contributed by atoms with Crippen LogP contribution in [0.25, 0.3) is 0 Å². The van der Waals surface area contributed by atoms with Crippen LogP contribution in [0, 0.1) is 5.92 Å². The lowest BCUT2D eigenvalue weighted by molar-refractivity contribution is -0.145. The van der Waals surface area contributed by atoms with E-state index in [1.165, 1.54) is 0 Å². The molecule has 16 heavy (non-hydrogen) atoms. The van der Waals surface area contributed by atoms with E-state index < -0.39 is 0 Å². The van der Waals surface area contributed by atoms with Crippen LogP contribution in [0.2, 0.25) is 0 Å². The van der Waals surface area contributed by atoms with Gasteiger partial charge in [0.1, 0.15) is 6.04 Å². The van der Waals surface area contributed by atoms with E-state index in [2.05, 4.69) is 19.2 Å². The second-order valence-electron chi connectivity index (χ2n) is 4.25. The highest BCUT2D eigenvalue weighted by molar-refractivity contribution is 5.75. The molecule has 1 atom stereocenters. The van der Waals surface area contributed by atoms with Crippen molar-refractivity contribution in [3.8, 4) is 0 Å². The zero-order valence-corrected chi connectivity index (χ0v) is 10.9. The van der Waals surface area contributed by atoms with E-state index in [1.54, 1.807) is 0 Å². The molecular formula is C12H25NO3. The Balaban J connectivity index is 3.34. The molecule has 0 heterocycles. The van der Waals surface area contributed by atoms with Crippen molar-refractivity contribution >= 4 is 5.97 Å². The average Bonchev–Trinajstić information content (AvgIpc) is 2.22. The lowest BCUT2D eigenvalue weighted by Gasteiger charge is -2.12. The van der Waals surface area contributed by atoms with Gasteiger partial charge in [0.25, 0.3) is 0 Å². The van der Waals surface area contributed by atoms with Gasteiger partial charge in [-0.15, -0.1) is 0 Å². The molecule has 4 heteroatoms. The Labute approximate surface area is 98.7 Å². The molecular weight excluding hydrogens is 206 g/mol. The second kappa shape index (κ2) is 9.60. The van der Waals surface area contributed by atoms with Crippen LogP contribution in [0.5, 0.6) is 0 Å². The highest BCUT2D eigenvalue weighted by Gasteiger charge is 2.11. The summed E-state index contributed by atoms with van der Waals surface area (Å²) < 4.78 is 10.3. The molecule has 1 N–H and O–H groups in total. The largest absolute Gasteiger partial charge is 0.465 e. The fourth-order valence-electron chi connectivity index (χ4n) is 1.16. The third-order valence-corrected chi connectivity index (χ3v) is 2.01. The molecule has 0 aromatic rings. The number of ether oxygens (including phenoxy) is 2. The summed E-state index contributed by atoms with van der Waals surface area (Å²) in [4.78, 5) is 11.2. The molecule has 0 fully saturated rings. The third-order valence-electron chi connectivity index (χ3n) is 2.01. The van der Waals surface area contributed by atoms with E-state index >= 15 is 0 Å². The molecule has 0 bridgehead atoms. The standard InChI is InChI=1S/C12H25NO3/c1-5-16-12(14)11(4)13-7-6-8-15-9-10(2)3/h10-11,13H,5-9H2,1-4H3. The maximum Gasteiger partial charge on any atom is 0.322 e. The van der Waals surface area contributed by atoms with Crippen molar-refractivity contribution in [3.05, 3.63) is 0 Å². The van der Waals surface area contributed by atoms with Crippen molar-refractivity contribution in [1.82, 2.24) is 5.32 Å². The van der Waals surface area contributed by atoms with Crippen LogP contribution >= 0.6 is 0 Å². The Morgan fingerprint density at radius 3 is 2.56 bits per heavy atom. The molecule has 0 aliphatic heterocycles. The fraction of sp³-hybridized carbons (Fsp3) is 0.917. The van der Waals surface area contributed by atoms with E-state index in [0.29, 0.717) is 12.5 Å². The molecule has 4 nitrogen and oxygen atoms in total. The van der Waals surface area contributed by atoms with Gasteiger partial charge in [-0.3, -0.25) is 4.79 Å². The summed E-state index contributed by atoms with van der Waals surface area (Å²) in [7, 11) is 0. The lowest BCUT2D eigenvalue weighted by atomic mass is 10.2. The summed E-state index contributed by atoms with van der Waals surface area (Å²) in [6, 6.07) is -0.231. The number of nitrogens with one attached hydrogen (secondary N) is 1. The van der Waals surface area contributed by atoms with Gasteiger partial charge in [-0.1, -0.05) is 13.8 Å².